The van der Waals surface area contributed by atoms with Gasteiger partial charge in [0.2, 0.25) is 5.91 Å². The Kier molecular flexibility index (Phi) is 5.03. The predicted octanol–water partition coefficient (Wildman–Crippen LogP) is 1.33. The number of hydrogen-bond donors (Lipinski definition) is 1. The third-order valence-corrected chi connectivity index (χ3v) is 4.94. The molecule has 0 radical (unpaired) electrons. The second-order valence-corrected chi connectivity index (χ2v) is 7.19. The Morgan fingerprint density at radius 2 is 2.28 bits per heavy atom. The van der Waals surface area contributed by atoms with Crippen LogP contribution in [0.2, 0.25) is 0 Å². The van der Waals surface area contributed by atoms with Crippen LogP contribution in [0.5, 0.6) is 0 Å². The topological polar surface area (TPSA) is 79.0 Å². The summed E-state index contributed by atoms with van der Waals surface area (Å²) in [6, 6.07) is 4.49. The van der Waals surface area contributed by atoms with Gasteiger partial charge in [-0.25, -0.2) is 9.18 Å². The number of nitrogens with one attached hydrogen (secondary N) is 1. The Morgan fingerprint density at radius 1 is 1.48 bits per heavy atom. The first-order valence-electron chi connectivity index (χ1n) is 7.78. The standard InChI is InChI=1S/C16H18FN3O4S/c1-11(21)18-9-13-10-20(16(22)24-13)12-2-3-15(14(17)8-12)19-4-6-25(23)7-5-19/h2-4,6,8,13H,5,7,9-10H2,1H3,(H,18,21). The van der Waals surface area contributed by atoms with Gasteiger partial charge in [0.15, 0.2) is 0 Å². The van der Waals surface area contributed by atoms with Crippen molar-refractivity contribution in [3.63, 3.8) is 0 Å². The third-order valence-electron chi connectivity index (χ3n) is 3.93. The van der Waals surface area contributed by atoms with E-state index in [0.29, 0.717) is 23.7 Å². The molecule has 2 heterocycles. The summed E-state index contributed by atoms with van der Waals surface area (Å²) in [5.74, 6) is -0.241. The highest BCUT2D eigenvalue weighted by Crippen LogP contribution is 2.28. The Hall–Kier alpha value is -2.42. The Morgan fingerprint density at radius 3 is 2.92 bits per heavy atom. The van der Waals surface area contributed by atoms with Crippen molar-refractivity contribution < 1.29 is 22.9 Å². The molecule has 25 heavy (non-hydrogen) atoms. The smallest absolute Gasteiger partial charge is 0.414 e. The van der Waals surface area contributed by atoms with Crippen molar-refractivity contribution in [2.75, 3.05) is 35.2 Å². The van der Waals surface area contributed by atoms with E-state index in [1.54, 1.807) is 23.2 Å². The summed E-state index contributed by atoms with van der Waals surface area (Å²) >= 11 is 0. The fraction of sp³-hybridized carbons (Fsp3) is 0.375. The number of cyclic esters (lactones) is 1. The Bertz CT molecular complexity index is 755. The molecule has 2 amide bonds. The van der Waals surface area contributed by atoms with Crippen molar-refractivity contribution in [3.05, 3.63) is 35.6 Å². The molecule has 1 N–H and O–H groups in total. The molecule has 1 fully saturated rings. The van der Waals surface area contributed by atoms with Gasteiger partial charge in [-0.15, -0.1) is 0 Å². The van der Waals surface area contributed by atoms with E-state index in [1.165, 1.54) is 23.3 Å². The molecular weight excluding hydrogens is 349 g/mol. The molecule has 2 aliphatic rings. The highest BCUT2D eigenvalue weighted by molar-refractivity contribution is 7.88. The summed E-state index contributed by atoms with van der Waals surface area (Å²) in [4.78, 5) is 25.9. The molecule has 9 heteroatoms. The van der Waals surface area contributed by atoms with Gasteiger partial charge in [-0.1, -0.05) is 0 Å². The number of hydrogen-bond acceptors (Lipinski definition) is 5. The first kappa shape index (κ1) is 17.4. The summed E-state index contributed by atoms with van der Waals surface area (Å²) in [5.41, 5.74) is 0.750. The number of rotatable bonds is 4. The SMILES string of the molecule is CC(=O)NCC1CN(c2ccc(N3C=CS(=O)CC3)c(F)c2)C(=O)O1. The van der Waals surface area contributed by atoms with Gasteiger partial charge in [0, 0.05) is 41.6 Å². The first-order chi connectivity index (χ1) is 11.9. The molecule has 7 nitrogen and oxygen atoms in total. The molecule has 1 saturated heterocycles. The summed E-state index contributed by atoms with van der Waals surface area (Å²) in [5, 5.41) is 4.12. The molecule has 1 aromatic rings. The molecule has 2 aliphatic heterocycles. The van der Waals surface area contributed by atoms with Crippen LogP contribution in [-0.2, 0) is 20.3 Å². The van der Waals surface area contributed by atoms with Crippen LogP contribution < -0.4 is 15.1 Å². The van der Waals surface area contributed by atoms with Gasteiger partial charge in [-0.3, -0.25) is 13.9 Å². The highest BCUT2D eigenvalue weighted by Gasteiger charge is 2.32. The number of carbonyl (C=O) groups is 2. The second kappa shape index (κ2) is 7.22. The number of benzene rings is 1. The van der Waals surface area contributed by atoms with E-state index >= 15 is 0 Å². The van der Waals surface area contributed by atoms with E-state index in [0.717, 1.165) is 0 Å². The molecule has 2 unspecified atom stereocenters. The first-order valence-corrected chi connectivity index (χ1v) is 9.16. The number of amides is 2. The van der Waals surface area contributed by atoms with Crippen LogP contribution in [0.4, 0.5) is 20.6 Å². The van der Waals surface area contributed by atoms with Crippen molar-refractivity contribution in [3.8, 4) is 0 Å². The number of halogens is 1. The van der Waals surface area contributed by atoms with Crippen molar-refractivity contribution in [2.24, 2.45) is 0 Å². The van der Waals surface area contributed by atoms with E-state index in [1.807, 2.05) is 0 Å². The van der Waals surface area contributed by atoms with Crippen molar-refractivity contribution in [2.45, 2.75) is 13.0 Å². The van der Waals surface area contributed by atoms with Gasteiger partial charge < -0.3 is 15.0 Å². The molecule has 1 aromatic carbocycles. The van der Waals surface area contributed by atoms with Gasteiger partial charge >= 0.3 is 6.09 Å². The number of ether oxygens (including phenoxy) is 1. The highest BCUT2D eigenvalue weighted by atomic mass is 32.2. The van der Waals surface area contributed by atoms with Crippen LogP contribution in [0.3, 0.4) is 0 Å². The van der Waals surface area contributed by atoms with E-state index in [-0.39, 0.29) is 19.0 Å². The van der Waals surface area contributed by atoms with Crippen LogP contribution in [-0.4, -0.2) is 47.7 Å². The molecule has 2 atom stereocenters. The summed E-state index contributed by atoms with van der Waals surface area (Å²) in [7, 11) is -1.01. The summed E-state index contributed by atoms with van der Waals surface area (Å²) in [6.07, 6.45) is 0.556. The lowest BCUT2D eigenvalue weighted by Gasteiger charge is -2.24. The lowest BCUT2D eigenvalue weighted by molar-refractivity contribution is -0.119. The molecule has 0 bridgehead atoms. The van der Waals surface area contributed by atoms with Crippen molar-refractivity contribution >= 4 is 34.2 Å². The molecule has 0 spiro atoms. The summed E-state index contributed by atoms with van der Waals surface area (Å²) in [6.45, 7) is 2.30. The molecule has 0 aromatic heterocycles. The van der Waals surface area contributed by atoms with Gasteiger partial charge in [0.25, 0.3) is 0 Å². The quantitative estimate of drug-likeness (QED) is 0.869. The van der Waals surface area contributed by atoms with E-state index in [2.05, 4.69) is 5.32 Å². The Balaban J connectivity index is 1.72. The third kappa shape index (κ3) is 3.98. The normalized spacial score (nSPS) is 22.9. The van der Waals surface area contributed by atoms with Crippen LogP contribution in [0.1, 0.15) is 6.92 Å². The molecule has 0 saturated carbocycles. The number of carbonyl (C=O) groups excluding carboxylic acids is 2. The van der Waals surface area contributed by atoms with Crippen LogP contribution >= 0.6 is 0 Å². The van der Waals surface area contributed by atoms with E-state index in [9.17, 15) is 18.2 Å². The minimum atomic E-state index is -1.01. The largest absolute Gasteiger partial charge is 0.442 e. The van der Waals surface area contributed by atoms with E-state index in [4.69, 9.17) is 4.74 Å². The molecule has 134 valence electrons. The van der Waals surface area contributed by atoms with Gasteiger partial charge in [-0.05, 0) is 18.2 Å². The fourth-order valence-corrected chi connectivity index (χ4v) is 3.46. The predicted molar refractivity (Wildman–Crippen MR) is 92.2 cm³/mol. The average molecular weight is 367 g/mol. The minimum absolute atomic E-state index is 0.208. The second-order valence-electron chi connectivity index (χ2n) is 5.75. The van der Waals surface area contributed by atoms with Gasteiger partial charge in [-0.2, -0.15) is 0 Å². The lowest BCUT2D eigenvalue weighted by Crippen LogP contribution is -2.33. The van der Waals surface area contributed by atoms with Gasteiger partial charge in [0.1, 0.15) is 11.9 Å². The molecule has 0 aliphatic carbocycles. The van der Waals surface area contributed by atoms with Crippen molar-refractivity contribution in [1.82, 2.24) is 5.32 Å². The zero-order chi connectivity index (χ0) is 18.0. The van der Waals surface area contributed by atoms with Crippen LogP contribution in [0.15, 0.2) is 29.8 Å². The number of anilines is 2. The minimum Gasteiger partial charge on any atom is -0.442 e. The Labute approximate surface area is 146 Å². The monoisotopic (exact) mass is 367 g/mol. The van der Waals surface area contributed by atoms with Gasteiger partial charge in [0.05, 0.1) is 24.5 Å². The maximum Gasteiger partial charge on any atom is 0.414 e. The number of nitrogens with zero attached hydrogens (tertiary/aromatic N) is 2. The summed E-state index contributed by atoms with van der Waals surface area (Å²) < 4.78 is 31.0. The molecular formula is C16H18FN3O4S. The van der Waals surface area contributed by atoms with Crippen LogP contribution in [0, 0.1) is 5.82 Å². The zero-order valence-corrected chi connectivity index (χ0v) is 14.4. The van der Waals surface area contributed by atoms with Crippen LogP contribution in [0.25, 0.3) is 0 Å². The van der Waals surface area contributed by atoms with E-state index < -0.39 is 28.8 Å². The molecule has 3 rings (SSSR count). The van der Waals surface area contributed by atoms with Crippen molar-refractivity contribution in [1.29, 1.82) is 0 Å². The fourth-order valence-electron chi connectivity index (χ4n) is 2.67. The average Bonchev–Trinajstić information content (AvgIpc) is 2.95. The maximum absolute atomic E-state index is 14.5. The maximum atomic E-state index is 14.5. The lowest BCUT2D eigenvalue weighted by atomic mass is 10.2. The zero-order valence-electron chi connectivity index (χ0n) is 13.6.